The van der Waals surface area contributed by atoms with Gasteiger partial charge in [0.25, 0.3) is 5.91 Å². The maximum absolute atomic E-state index is 12.3. The summed E-state index contributed by atoms with van der Waals surface area (Å²) in [6.07, 6.45) is 0. The number of fused-ring (bicyclic) bond motifs is 1. The molecule has 1 heterocycles. The molecule has 0 fully saturated rings. The topological polar surface area (TPSA) is 70.7 Å². The quantitative estimate of drug-likeness (QED) is 0.859. The zero-order valence-corrected chi connectivity index (χ0v) is 14.0. The van der Waals surface area contributed by atoms with Crippen LogP contribution >= 0.6 is 0 Å². The summed E-state index contributed by atoms with van der Waals surface area (Å²) >= 11 is 0. The summed E-state index contributed by atoms with van der Waals surface area (Å²) in [6.45, 7) is -2.48. The summed E-state index contributed by atoms with van der Waals surface area (Å²) < 4.78 is 28.8. The molecule has 1 aliphatic heterocycles. The van der Waals surface area contributed by atoms with Crippen LogP contribution in [0, 0.1) is 0 Å². The molecule has 0 spiro atoms. The van der Waals surface area contributed by atoms with Gasteiger partial charge in [-0.25, -0.2) is 0 Å². The van der Waals surface area contributed by atoms with Crippen molar-refractivity contribution in [1.82, 2.24) is 5.32 Å². The van der Waals surface area contributed by atoms with E-state index in [0.717, 1.165) is 5.69 Å². The fourth-order valence-electron chi connectivity index (χ4n) is 2.72. The highest BCUT2D eigenvalue weighted by Gasteiger charge is 2.20. The number of anilines is 2. The Hall–Kier alpha value is -3.16. The number of halogens is 2. The number of benzene rings is 2. The first kappa shape index (κ1) is 17.7. The van der Waals surface area contributed by atoms with Crippen molar-refractivity contribution in [3.05, 3.63) is 53.6 Å². The predicted molar refractivity (Wildman–Crippen MR) is 92.6 cm³/mol. The van der Waals surface area contributed by atoms with E-state index in [1.807, 2.05) is 0 Å². The molecular formula is C18H17F2N3O3. The molecule has 2 aromatic rings. The van der Waals surface area contributed by atoms with E-state index in [4.69, 9.17) is 0 Å². The van der Waals surface area contributed by atoms with Gasteiger partial charge in [0.05, 0.1) is 17.9 Å². The molecule has 0 saturated carbocycles. The lowest BCUT2D eigenvalue weighted by molar-refractivity contribution is -0.115. The van der Waals surface area contributed by atoms with Gasteiger partial charge in [0.2, 0.25) is 5.91 Å². The molecule has 0 aromatic heterocycles. The van der Waals surface area contributed by atoms with Crippen LogP contribution < -0.4 is 20.3 Å². The van der Waals surface area contributed by atoms with E-state index >= 15 is 0 Å². The average Bonchev–Trinajstić information content (AvgIpc) is 2.58. The standard InChI is InChI=1S/C18H17F2N3O3/c1-23-10-16(24)22-14-8-12(5-6-15(14)23)17(25)21-9-11-3-2-4-13(7-11)26-18(19)20/h2-8,18H,9-10H2,1H3,(H,21,25)(H,22,24). The van der Waals surface area contributed by atoms with Crippen LogP contribution in [0.5, 0.6) is 5.75 Å². The lowest BCUT2D eigenvalue weighted by Crippen LogP contribution is -2.35. The second kappa shape index (κ2) is 7.38. The fraction of sp³-hybridized carbons (Fsp3) is 0.222. The van der Waals surface area contributed by atoms with Gasteiger partial charge in [0.1, 0.15) is 5.75 Å². The van der Waals surface area contributed by atoms with Crippen LogP contribution in [-0.4, -0.2) is 32.0 Å². The van der Waals surface area contributed by atoms with E-state index in [2.05, 4.69) is 15.4 Å². The molecule has 6 nitrogen and oxygen atoms in total. The molecule has 0 saturated heterocycles. The molecule has 0 bridgehead atoms. The molecule has 0 unspecified atom stereocenters. The van der Waals surface area contributed by atoms with Crippen molar-refractivity contribution >= 4 is 23.2 Å². The van der Waals surface area contributed by atoms with Crippen LogP contribution in [0.1, 0.15) is 15.9 Å². The summed E-state index contributed by atoms with van der Waals surface area (Å²) in [5.74, 6) is -0.449. The molecule has 3 rings (SSSR count). The third kappa shape index (κ3) is 4.08. The maximum atomic E-state index is 12.3. The normalized spacial score (nSPS) is 13.2. The van der Waals surface area contributed by atoms with Gasteiger partial charge in [0, 0.05) is 19.2 Å². The molecule has 2 amide bonds. The Bertz CT molecular complexity index is 842. The van der Waals surface area contributed by atoms with E-state index in [1.54, 1.807) is 42.3 Å². The van der Waals surface area contributed by atoms with Crippen molar-refractivity contribution in [3.63, 3.8) is 0 Å². The van der Waals surface area contributed by atoms with Crippen molar-refractivity contribution < 1.29 is 23.1 Å². The van der Waals surface area contributed by atoms with Gasteiger partial charge < -0.3 is 20.3 Å². The Balaban J connectivity index is 1.67. The van der Waals surface area contributed by atoms with Crippen LogP contribution in [0.15, 0.2) is 42.5 Å². The second-order valence-corrected chi connectivity index (χ2v) is 5.84. The van der Waals surface area contributed by atoms with Crippen LogP contribution in [0.4, 0.5) is 20.2 Å². The third-order valence-corrected chi connectivity index (χ3v) is 3.90. The van der Waals surface area contributed by atoms with E-state index in [-0.39, 0.29) is 30.7 Å². The second-order valence-electron chi connectivity index (χ2n) is 5.84. The van der Waals surface area contributed by atoms with E-state index in [0.29, 0.717) is 16.8 Å². The molecule has 1 aliphatic rings. The first-order valence-corrected chi connectivity index (χ1v) is 7.89. The zero-order valence-electron chi connectivity index (χ0n) is 14.0. The molecule has 136 valence electrons. The number of rotatable bonds is 5. The SMILES string of the molecule is CN1CC(=O)Nc2cc(C(=O)NCc3cccc(OC(F)F)c3)ccc21. The van der Waals surface area contributed by atoms with Crippen LogP contribution in [-0.2, 0) is 11.3 Å². The van der Waals surface area contributed by atoms with Gasteiger partial charge in [0.15, 0.2) is 0 Å². The number of carbonyl (C=O) groups is 2. The molecule has 2 aromatic carbocycles. The first-order valence-electron chi connectivity index (χ1n) is 7.89. The van der Waals surface area contributed by atoms with Crippen LogP contribution in [0.25, 0.3) is 0 Å². The van der Waals surface area contributed by atoms with E-state index in [1.165, 1.54) is 12.1 Å². The summed E-state index contributed by atoms with van der Waals surface area (Å²) in [4.78, 5) is 25.8. The lowest BCUT2D eigenvalue weighted by atomic mass is 10.1. The number of nitrogens with one attached hydrogen (secondary N) is 2. The average molecular weight is 361 g/mol. The largest absolute Gasteiger partial charge is 0.435 e. The number of amides is 2. The highest BCUT2D eigenvalue weighted by Crippen LogP contribution is 2.29. The van der Waals surface area contributed by atoms with Crippen molar-refractivity contribution in [1.29, 1.82) is 0 Å². The number of nitrogens with zero attached hydrogens (tertiary/aromatic N) is 1. The van der Waals surface area contributed by atoms with Gasteiger partial charge in [-0.05, 0) is 35.9 Å². The first-order chi connectivity index (χ1) is 12.4. The molecular weight excluding hydrogens is 344 g/mol. The Labute approximate surface area is 148 Å². The minimum atomic E-state index is -2.90. The minimum absolute atomic E-state index is 0.0336. The number of alkyl halides is 2. The Morgan fingerprint density at radius 2 is 2.12 bits per heavy atom. The van der Waals surface area contributed by atoms with Crippen molar-refractivity contribution in [2.75, 3.05) is 23.8 Å². The molecule has 26 heavy (non-hydrogen) atoms. The van der Waals surface area contributed by atoms with Gasteiger partial charge in [-0.3, -0.25) is 9.59 Å². The monoisotopic (exact) mass is 361 g/mol. The summed E-state index contributed by atoms with van der Waals surface area (Å²) in [7, 11) is 1.80. The lowest BCUT2D eigenvalue weighted by Gasteiger charge is -2.27. The summed E-state index contributed by atoms with van der Waals surface area (Å²) in [6, 6.07) is 11.2. The molecule has 0 radical (unpaired) electrons. The highest BCUT2D eigenvalue weighted by molar-refractivity contribution is 6.03. The van der Waals surface area contributed by atoms with Crippen molar-refractivity contribution in [2.45, 2.75) is 13.2 Å². The number of hydrogen-bond acceptors (Lipinski definition) is 4. The molecule has 0 atom stereocenters. The van der Waals surface area contributed by atoms with Gasteiger partial charge >= 0.3 is 6.61 Å². The summed E-state index contributed by atoms with van der Waals surface area (Å²) in [5.41, 5.74) is 2.42. The number of carbonyl (C=O) groups excluding carboxylic acids is 2. The smallest absolute Gasteiger partial charge is 0.387 e. The number of likely N-dealkylation sites (N-methyl/N-ethyl adjacent to an activating group) is 1. The van der Waals surface area contributed by atoms with Crippen LogP contribution in [0.3, 0.4) is 0 Å². The third-order valence-electron chi connectivity index (χ3n) is 3.90. The fourth-order valence-corrected chi connectivity index (χ4v) is 2.72. The van der Waals surface area contributed by atoms with Gasteiger partial charge in [-0.15, -0.1) is 0 Å². The number of ether oxygens (including phenoxy) is 1. The maximum Gasteiger partial charge on any atom is 0.387 e. The van der Waals surface area contributed by atoms with Crippen molar-refractivity contribution in [2.24, 2.45) is 0 Å². The Kier molecular flexibility index (Phi) is 5.01. The van der Waals surface area contributed by atoms with E-state index in [9.17, 15) is 18.4 Å². The number of hydrogen-bond donors (Lipinski definition) is 2. The van der Waals surface area contributed by atoms with Gasteiger partial charge in [-0.2, -0.15) is 8.78 Å². The minimum Gasteiger partial charge on any atom is -0.435 e. The Morgan fingerprint density at radius 3 is 2.88 bits per heavy atom. The predicted octanol–water partition coefficient (Wildman–Crippen LogP) is 2.61. The summed E-state index contributed by atoms with van der Waals surface area (Å²) in [5, 5.41) is 5.45. The molecule has 8 heteroatoms. The Morgan fingerprint density at radius 1 is 1.31 bits per heavy atom. The zero-order chi connectivity index (χ0) is 18.7. The van der Waals surface area contributed by atoms with Crippen molar-refractivity contribution in [3.8, 4) is 5.75 Å². The van der Waals surface area contributed by atoms with Crippen LogP contribution in [0.2, 0.25) is 0 Å². The van der Waals surface area contributed by atoms with E-state index < -0.39 is 6.61 Å². The highest BCUT2D eigenvalue weighted by atomic mass is 19.3. The van der Waals surface area contributed by atoms with Gasteiger partial charge in [-0.1, -0.05) is 12.1 Å². The molecule has 2 N–H and O–H groups in total. The molecule has 0 aliphatic carbocycles.